The molecule has 7 heteroatoms. The Morgan fingerprint density at radius 1 is 1.06 bits per heavy atom. The first kappa shape index (κ1) is 14.5. The normalized spacial score (nSPS) is 11.2. The minimum Gasteiger partial charge on any atom is -0.445 e. The fourth-order valence-corrected chi connectivity index (χ4v) is 1.47. The van der Waals surface area contributed by atoms with Crippen LogP contribution in [0.25, 0.3) is 10.9 Å². The van der Waals surface area contributed by atoms with Gasteiger partial charge in [-0.15, -0.1) is 5.46 Å². The third-order valence-electron chi connectivity index (χ3n) is 2.06. The van der Waals surface area contributed by atoms with Gasteiger partial charge in [-0.1, -0.05) is 29.8 Å². The van der Waals surface area contributed by atoms with E-state index in [1.165, 1.54) is 6.07 Å². The van der Waals surface area contributed by atoms with Gasteiger partial charge >= 0.3 is 58.4 Å². The molecule has 1 heterocycles. The summed E-state index contributed by atoms with van der Waals surface area (Å²) >= 11 is 5.60. The molecule has 0 aliphatic heterocycles. The van der Waals surface area contributed by atoms with E-state index in [0.717, 1.165) is 12.1 Å². The van der Waals surface area contributed by atoms with Gasteiger partial charge in [-0.05, 0) is 12.1 Å². The van der Waals surface area contributed by atoms with Crippen molar-refractivity contribution in [3.05, 3.63) is 35.5 Å². The Morgan fingerprint density at radius 3 is 2.31 bits per heavy atom. The number of hydrogen-bond donors (Lipinski definition) is 0. The molecule has 0 aliphatic rings. The summed E-state index contributed by atoms with van der Waals surface area (Å²) in [6.07, 6.45) is 0. The van der Waals surface area contributed by atoms with Crippen LogP contribution in [0.3, 0.4) is 0 Å². The monoisotopic (exact) mass is 269 g/mol. The zero-order valence-electron chi connectivity index (χ0n) is 8.42. The molecule has 0 atom stereocenters. The molecule has 0 unspecified atom stereocenters. The summed E-state index contributed by atoms with van der Waals surface area (Å²) in [5, 5.41) is 0.831. The first-order valence-electron chi connectivity index (χ1n) is 4.23. The first-order valence-corrected chi connectivity index (χ1v) is 4.61. The van der Waals surface area contributed by atoms with Crippen molar-refractivity contribution >= 4 is 34.9 Å². The largest absolute Gasteiger partial charge is 1.00 e. The average molecular weight is 270 g/mol. The van der Waals surface area contributed by atoms with Gasteiger partial charge in [-0.3, -0.25) is 0 Å². The number of nitrogens with zero attached hydrogens (tertiary/aromatic N) is 1. The molecule has 1 nitrogen and oxygen atoms in total. The van der Waals surface area contributed by atoms with Crippen molar-refractivity contribution in [2.45, 2.75) is 0 Å². The number of aromatic nitrogens is 1. The van der Waals surface area contributed by atoms with Crippen molar-refractivity contribution in [1.82, 2.24) is 4.98 Å². The Kier molecular flexibility index (Phi) is 4.86. The van der Waals surface area contributed by atoms with Crippen LogP contribution in [-0.4, -0.2) is 12.0 Å². The van der Waals surface area contributed by atoms with Crippen molar-refractivity contribution in [3.63, 3.8) is 0 Å². The van der Waals surface area contributed by atoms with E-state index < -0.39 is 12.4 Å². The number of fused-ring (bicyclic) bond motifs is 1. The summed E-state index contributed by atoms with van der Waals surface area (Å²) < 4.78 is 37.3. The molecule has 1 aromatic carbocycles. The number of halogens is 4. The number of benzene rings is 1. The second-order valence-corrected chi connectivity index (χ2v) is 3.55. The summed E-state index contributed by atoms with van der Waals surface area (Å²) in [5.74, 6) is 0. The van der Waals surface area contributed by atoms with Gasteiger partial charge in [0.15, 0.2) is 0 Å². The van der Waals surface area contributed by atoms with Crippen LogP contribution in [0.15, 0.2) is 30.3 Å². The maximum absolute atomic E-state index is 12.4. The van der Waals surface area contributed by atoms with Gasteiger partial charge in [0.25, 0.3) is 0 Å². The second kappa shape index (κ2) is 5.37. The molecule has 0 fully saturated rings. The maximum atomic E-state index is 12.4. The van der Waals surface area contributed by atoms with Crippen molar-refractivity contribution in [2.24, 2.45) is 0 Å². The third-order valence-corrected chi connectivity index (χ3v) is 2.27. The first-order chi connectivity index (χ1) is 6.97. The minimum atomic E-state index is -4.98. The Balaban J connectivity index is 0.00000128. The summed E-state index contributed by atoms with van der Waals surface area (Å²) in [4.78, 5) is 3.83. The molecule has 0 saturated heterocycles. The molecule has 0 saturated carbocycles. The smallest absolute Gasteiger partial charge is 0.445 e. The van der Waals surface area contributed by atoms with E-state index in [0.29, 0.717) is 5.39 Å². The maximum Gasteiger partial charge on any atom is 1.00 e. The molecule has 0 aliphatic carbocycles. The molecule has 2 rings (SSSR count). The Morgan fingerprint density at radius 2 is 1.69 bits per heavy atom. The summed E-state index contributed by atoms with van der Waals surface area (Å²) in [6, 6.07) is 6.64. The summed E-state index contributed by atoms with van der Waals surface area (Å²) in [6.45, 7) is -4.98. The van der Waals surface area contributed by atoms with Crippen LogP contribution in [0, 0.1) is 0 Å². The molecule has 2 aromatic rings. The molecular weight excluding hydrogens is 264 g/mol. The van der Waals surface area contributed by atoms with Gasteiger partial charge in [-0.25, -0.2) is 4.98 Å². The SMILES string of the molecule is F[B-](F)(F)c1ccc2ccc(Cl)nc2c1.[K+]. The molecule has 0 spiro atoms. The van der Waals surface area contributed by atoms with Gasteiger partial charge in [0.1, 0.15) is 5.15 Å². The van der Waals surface area contributed by atoms with E-state index in [4.69, 9.17) is 11.6 Å². The zero-order chi connectivity index (χ0) is 11.1. The molecule has 1 aromatic heterocycles. The quantitative estimate of drug-likeness (QED) is 0.522. The predicted molar refractivity (Wildman–Crippen MR) is 55.5 cm³/mol. The molecule has 16 heavy (non-hydrogen) atoms. The molecule has 0 radical (unpaired) electrons. The van der Waals surface area contributed by atoms with E-state index in [2.05, 4.69) is 4.98 Å². The van der Waals surface area contributed by atoms with Crippen LogP contribution in [0.5, 0.6) is 0 Å². The topological polar surface area (TPSA) is 12.9 Å². The number of rotatable bonds is 1. The van der Waals surface area contributed by atoms with Gasteiger partial charge in [0.2, 0.25) is 0 Å². The van der Waals surface area contributed by atoms with E-state index in [9.17, 15) is 12.9 Å². The van der Waals surface area contributed by atoms with Crippen molar-refractivity contribution in [2.75, 3.05) is 0 Å². The van der Waals surface area contributed by atoms with E-state index in [1.54, 1.807) is 12.1 Å². The molecular formula is C9H5BClF3KN. The number of hydrogen-bond acceptors (Lipinski definition) is 1. The second-order valence-electron chi connectivity index (χ2n) is 3.16. The van der Waals surface area contributed by atoms with Crippen molar-refractivity contribution < 1.29 is 64.3 Å². The third kappa shape index (κ3) is 3.21. The van der Waals surface area contributed by atoms with Crippen LogP contribution < -0.4 is 56.8 Å². The molecule has 0 bridgehead atoms. The minimum absolute atomic E-state index is 0. The Bertz CT molecular complexity index is 518. The molecule has 0 amide bonds. The van der Waals surface area contributed by atoms with Gasteiger partial charge < -0.3 is 12.9 Å². The molecule has 78 valence electrons. The molecule has 0 N–H and O–H groups in total. The van der Waals surface area contributed by atoms with E-state index in [1.807, 2.05) is 0 Å². The van der Waals surface area contributed by atoms with Gasteiger partial charge in [0.05, 0.1) is 5.52 Å². The van der Waals surface area contributed by atoms with Crippen LogP contribution in [0.4, 0.5) is 12.9 Å². The van der Waals surface area contributed by atoms with Crippen molar-refractivity contribution in [1.29, 1.82) is 0 Å². The fraction of sp³-hybridized carbons (Fsp3) is 0. The Labute approximate surface area is 138 Å². The van der Waals surface area contributed by atoms with Crippen molar-refractivity contribution in [3.8, 4) is 0 Å². The average Bonchev–Trinajstić information content (AvgIpc) is 2.15. The standard InChI is InChI=1S/C9H5BClF3N.K/c11-9-4-2-6-1-3-7(10(12,13)14)5-8(6)15-9;/h1-5H;/q-1;+1. The number of pyridine rings is 1. The van der Waals surface area contributed by atoms with E-state index >= 15 is 0 Å². The zero-order valence-corrected chi connectivity index (χ0v) is 12.3. The predicted octanol–water partition coefficient (Wildman–Crippen LogP) is -0.0534. The van der Waals surface area contributed by atoms with Gasteiger partial charge in [0, 0.05) is 5.39 Å². The van der Waals surface area contributed by atoms with Crippen LogP contribution in [0.2, 0.25) is 5.15 Å². The fourth-order valence-electron chi connectivity index (χ4n) is 1.31. The van der Waals surface area contributed by atoms with Crippen LogP contribution >= 0.6 is 11.6 Å². The van der Waals surface area contributed by atoms with Crippen LogP contribution in [-0.2, 0) is 0 Å². The van der Waals surface area contributed by atoms with E-state index in [-0.39, 0.29) is 62.1 Å². The summed E-state index contributed by atoms with van der Waals surface area (Å²) in [7, 11) is 0. The Hall–Kier alpha value is 0.411. The summed E-state index contributed by atoms with van der Waals surface area (Å²) in [5.41, 5.74) is -0.392. The van der Waals surface area contributed by atoms with Gasteiger partial charge in [-0.2, -0.15) is 0 Å². The van der Waals surface area contributed by atoms with Crippen LogP contribution in [0.1, 0.15) is 0 Å².